The summed E-state index contributed by atoms with van der Waals surface area (Å²) in [6.45, 7) is 5.28. The Labute approximate surface area is 213 Å². The first-order valence-electron chi connectivity index (χ1n) is 12.0. The number of carbonyl (C=O) groups excluding carboxylic acids is 1. The van der Waals surface area contributed by atoms with Crippen LogP contribution in [-0.2, 0) is 16.6 Å². The molecule has 5 rings (SSSR count). The fourth-order valence-electron chi connectivity index (χ4n) is 5.06. The van der Waals surface area contributed by atoms with E-state index in [1.807, 2.05) is 31.2 Å². The summed E-state index contributed by atoms with van der Waals surface area (Å²) in [6.07, 6.45) is 5.62. The van der Waals surface area contributed by atoms with Gasteiger partial charge in [-0.15, -0.1) is 11.3 Å². The number of nitrogens with zero attached hydrogens (tertiary/aromatic N) is 4. The SMILES string of the molecule is CC1(C(=O)NC(=N)c2cc(N3CCNCC3)cc(-c3ccncc3)n2)CCCc2sc(N)c(C#N)c21. The van der Waals surface area contributed by atoms with Crippen molar-refractivity contribution in [2.75, 3.05) is 36.8 Å². The summed E-state index contributed by atoms with van der Waals surface area (Å²) in [5, 5.41) is 25.1. The van der Waals surface area contributed by atoms with Gasteiger partial charge in [0, 0.05) is 60.3 Å². The highest BCUT2D eigenvalue weighted by Gasteiger charge is 2.43. The minimum atomic E-state index is -0.941. The van der Waals surface area contributed by atoms with E-state index in [2.05, 4.69) is 26.6 Å². The monoisotopic (exact) mass is 500 g/mol. The molecule has 0 radical (unpaired) electrons. The number of carbonyl (C=O) groups is 1. The van der Waals surface area contributed by atoms with Crippen LogP contribution in [0.2, 0.25) is 0 Å². The smallest absolute Gasteiger partial charge is 0.236 e. The molecule has 5 N–H and O–H groups in total. The van der Waals surface area contributed by atoms with E-state index >= 15 is 0 Å². The molecular formula is C26H28N8OS. The Morgan fingerprint density at radius 2 is 2.06 bits per heavy atom. The van der Waals surface area contributed by atoms with Crippen LogP contribution >= 0.6 is 11.3 Å². The van der Waals surface area contributed by atoms with E-state index in [4.69, 9.17) is 16.1 Å². The highest BCUT2D eigenvalue weighted by Crippen LogP contribution is 2.45. The van der Waals surface area contributed by atoms with Crippen molar-refractivity contribution >= 4 is 33.8 Å². The van der Waals surface area contributed by atoms with Crippen molar-refractivity contribution in [2.24, 2.45) is 0 Å². The fourth-order valence-corrected chi connectivity index (χ4v) is 6.25. The Morgan fingerprint density at radius 3 is 2.78 bits per heavy atom. The standard InChI is InChI=1S/C26H28N8OS/c1-26(6-2-3-21-22(26)18(15-27)24(29)36-21)25(35)33-23(28)20-14-17(34-11-9-31-10-12-34)13-19(32-20)16-4-7-30-8-5-16/h4-5,7-8,13-14,31H,2-3,6,9-12,29H2,1H3,(H2,28,33,35). The van der Waals surface area contributed by atoms with E-state index < -0.39 is 5.41 Å². The van der Waals surface area contributed by atoms with Crippen LogP contribution in [0.25, 0.3) is 11.3 Å². The molecule has 10 heteroatoms. The van der Waals surface area contributed by atoms with Crippen LogP contribution in [-0.4, -0.2) is 47.9 Å². The third-order valence-electron chi connectivity index (χ3n) is 7.02. The van der Waals surface area contributed by atoms with Crippen LogP contribution in [0, 0.1) is 16.7 Å². The number of hydrogen-bond donors (Lipinski definition) is 4. The molecule has 3 aromatic rings. The molecule has 1 unspecified atom stereocenters. The first kappa shape index (κ1) is 23.9. The topological polar surface area (TPSA) is 144 Å². The number of pyridine rings is 2. The van der Waals surface area contributed by atoms with E-state index in [1.54, 1.807) is 12.4 Å². The average molecular weight is 501 g/mol. The van der Waals surface area contributed by atoms with Crippen LogP contribution in [0.15, 0.2) is 36.7 Å². The Morgan fingerprint density at radius 1 is 1.31 bits per heavy atom. The van der Waals surface area contributed by atoms with Crippen LogP contribution in [0.3, 0.4) is 0 Å². The molecule has 184 valence electrons. The van der Waals surface area contributed by atoms with Gasteiger partial charge in [-0.2, -0.15) is 5.26 Å². The number of aryl methyl sites for hydroxylation is 1. The molecule has 1 saturated heterocycles. The average Bonchev–Trinajstić information content (AvgIpc) is 3.25. The highest BCUT2D eigenvalue weighted by molar-refractivity contribution is 7.16. The number of anilines is 2. The normalized spacial score (nSPS) is 19.3. The summed E-state index contributed by atoms with van der Waals surface area (Å²) in [6, 6.07) is 9.82. The zero-order valence-electron chi connectivity index (χ0n) is 20.1. The molecule has 1 aliphatic heterocycles. The van der Waals surface area contributed by atoms with Gasteiger partial charge in [0.05, 0.1) is 16.7 Å². The van der Waals surface area contributed by atoms with Gasteiger partial charge in [-0.1, -0.05) is 0 Å². The molecule has 0 saturated carbocycles. The van der Waals surface area contributed by atoms with Gasteiger partial charge >= 0.3 is 0 Å². The highest BCUT2D eigenvalue weighted by atomic mass is 32.1. The van der Waals surface area contributed by atoms with Crippen molar-refractivity contribution < 1.29 is 4.79 Å². The number of nitrogens with one attached hydrogen (secondary N) is 3. The van der Waals surface area contributed by atoms with Crippen molar-refractivity contribution in [3.05, 3.63) is 58.4 Å². The van der Waals surface area contributed by atoms with Crippen molar-refractivity contribution in [3.63, 3.8) is 0 Å². The van der Waals surface area contributed by atoms with Gasteiger partial charge in [-0.25, -0.2) is 4.98 Å². The van der Waals surface area contributed by atoms with Crippen LogP contribution in [0.1, 0.15) is 41.5 Å². The maximum absolute atomic E-state index is 13.6. The molecule has 0 spiro atoms. The van der Waals surface area contributed by atoms with Gasteiger partial charge < -0.3 is 21.3 Å². The number of rotatable bonds is 4. The van der Waals surface area contributed by atoms with Gasteiger partial charge in [-0.05, 0) is 50.5 Å². The fraction of sp³-hybridized carbons (Fsp3) is 0.346. The lowest BCUT2D eigenvalue weighted by Crippen LogP contribution is -2.47. The van der Waals surface area contributed by atoms with Crippen molar-refractivity contribution in [1.29, 1.82) is 10.7 Å². The lowest BCUT2D eigenvalue weighted by molar-refractivity contribution is -0.125. The number of nitriles is 1. The van der Waals surface area contributed by atoms with E-state index in [0.717, 1.165) is 55.1 Å². The van der Waals surface area contributed by atoms with Crippen LogP contribution in [0.4, 0.5) is 10.7 Å². The molecule has 1 atom stereocenters. The Bertz CT molecular complexity index is 1360. The first-order chi connectivity index (χ1) is 17.4. The molecule has 9 nitrogen and oxygen atoms in total. The molecule has 36 heavy (non-hydrogen) atoms. The Balaban J connectivity index is 1.48. The third-order valence-corrected chi connectivity index (χ3v) is 8.10. The number of aromatic nitrogens is 2. The minimum absolute atomic E-state index is 0.0673. The number of nitrogens with two attached hydrogens (primary N) is 1. The second kappa shape index (κ2) is 9.68. The van der Waals surface area contributed by atoms with E-state index in [-0.39, 0.29) is 11.7 Å². The molecule has 0 aromatic carbocycles. The molecular weight excluding hydrogens is 472 g/mol. The van der Waals surface area contributed by atoms with Crippen molar-refractivity contribution in [2.45, 2.75) is 31.6 Å². The van der Waals surface area contributed by atoms with Gasteiger partial charge in [0.25, 0.3) is 0 Å². The van der Waals surface area contributed by atoms with E-state index in [9.17, 15) is 10.1 Å². The van der Waals surface area contributed by atoms with Crippen LogP contribution < -0.4 is 21.3 Å². The number of fused-ring (bicyclic) bond motifs is 1. The number of amides is 1. The van der Waals surface area contributed by atoms with Crippen molar-refractivity contribution in [3.8, 4) is 17.3 Å². The first-order valence-corrected chi connectivity index (χ1v) is 12.8. The van der Waals surface area contributed by atoms with Gasteiger partial charge in [0.15, 0.2) is 5.84 Å². The number of piperazine rings is 1. The molecule has 1 amide bonds. The number of amidine groups is 1. The lowest BCUT2D eigenvalue weighted by Gasteiger charge is -2.33. The second-order valence-corrected chi connectivity index (χ2v) is 10.5. The maximum atomic E-state index is 13.6. The molecule has 0 bridgehead atoms. The summed E-state index contributed by atoms with van der Waals surface area (Å²) < 4.78 is 0. The number of nitrogen functional groups attached to an aromatic ring is 1. The molecule has 1 aliphatic carbocycles. The second-order valence-electron chi connectivity index (χ2n) is 9.33. The summed E-state index contributed by atoms with van der Waals surface area (Å²) in [7, 11) is 0. The maximum Gasteiger partial charge on any atom is 0.236 e. The quantitative estimate of drug-likeness (QED) is 0.318. The summed E-state index contributed by atoms with van der Waals surface area (Å²) in [5.74, 6) is -0.384. The van der Waals surface area contributed by atoms with Crippen LogP contribution in [0.5, 0.6) is 0 Å². The zero-order valence-corrected chi connectivity index (χ0v) is 20.9. The van der Waals surface area contributed by atoms with Gasteiger partial charge in [0.2, 0.25) is 5.91 Å². The molecule has 1 fully saturated rings. The van der Waals surface area contributed by atoms with E-state index in [0.29, 0.717) is 33.9 Å². The lowest BCUT2D eigenvalue weighted by atomic mass is 9.72. The number of hydrogen-bond acceptors (Lipinski definition) is 9. The minimum Gasteiger partial charge on any atom is -0.389 e. The molecule has 2 aliphatic rings. The van der Waals surface area contributed by atoms with E-state index in [1.165, 1.54) is 11.3 Å². The largest absolute Gasteiger partial charge is 0.389 e. The van der Waals surface area contributed by atoms with Crippen molar-refractivity contribution in [1.82, 2.24) is 20.6 Å². The van der Waals surface area contributed by atoms with Gasteiger partial charge in [-0.3, -0.25) is 15.2 Å². The summed E-state index contributed by atoms with van der Waals surface area (Å²) in [4.78, 5) is 25.7. The Kier molecular flexibility index (Phi) is 6.43. The predicted octanol–water partition coefficient (Wildman–Crippen LogP) is 2.80. The molecule has 4 heterocycles. The summed E-state index contributed by atoms with van der Waals surface area (Å²) >= 11 is 1.39. The third kappa shape index (κ3) is 4.32. The Hall–Kier alpha value is -3.81. The zero-order chi connectivity index (χ0) is 25.3. The predicted molar refractivity (Wildman–Crippen MR) is 141 cm³/mol. The number of thiophene rings is 1. The molecule has 3 aromatic heterocycles. The van der Waals surface area contributed by atoms with Gasteiger partial charge in [0.1, 0.15) is 16.8 Å². The summed E-state index contributed by atoms with van der Waals surface area (Å²) in [5.41, 5.74) is 9.20.